The van der Waals surface area contributed by atoms with Crippen LogP contribution in [0.3, 0.4) is 0 Å². The molecular weight excluding hydrogens is 230 g/mol. The predicted octanol–water partition coefficient (Wildman–Crippen LogP) is 1.15. The van der Waals surface area contributed by atoms with E-state index in [4.69, 9.17) is 0 Å². The highest BCUT2D eigenvalue weighted by molar-refractivity contribution is 5.84. The molecule has 0 spiro atoms. The molecule has 0 saturated heterocycles. The molecule has 6 heteroatoms. The molecule has 1 amide bonds. The van der Waals surface area contributed by atoms with Crippen LogP contribution in [-0.4, -0.2) is 35.0 Å². The third kappa shape index (κ3) is 3.58. The Bertz CT molecular complexity index is 407. The van der Waals surface area contributed by atoms with Crippen LogP contribution < -0.4 is 16.0 Å². The van der Waals surface area contributed by atoms with Crippen LogP contribution >= 0.6 is 0 Å². The lowest BCUT2D eigenvalue weighted by Crippen LogP contribution is -2.37. The van der Waals surface area contributed by atoms with Crippen LogP contribution in [0.1, 0.15) is 26.3 Å². The largest absolute Gasteiger partial charge is 0.370 e. The summed E-state index contributed by atoms with van der Waals surface area (Å²) < 4.78 is 0. The van der Waals surface area contributed by atoms with Crippen LogP contribution in [0.15, 0.2) is 6.33 Å². The van der Waals surface area contributed by atoms with Crippen molar-refractivity contribution in [1.82, 2.24) is 15.3 Å². The first-order chi connectivity index (χ1) is 8.60. The second-order valence-corrected chi connectivity index (χ2v) is 3.99. The van der Waals surface area contributed by atoms with Crippen molar-refractivity contribution in [2.24, 2.45) is 0 Å². The molecule has 3 N–H and O–H groups in total. The summed E-state index contributed by atoms with van der Waals surface area (Å²) in [5.41, 5.74) is 0.912. The van der Waals surface area contributed by atoms with E-state index in [0.29, 0.717) is 12.4 Å². The van der Waals surface area contributed by atoms with Crippen LogP contribution in [0.25, 0.3) is 0 Å². The van der Waals surface area contributed by atoms with Crippen molar-refractivity contribution in [3.8, 4) is 0 Å². The lowest BCUT2D eigenvalue weighted by atomic mass is 10.2. The Kier molecular flexibility index (Phi) is 5.35. The Morgan fingerprint density at radius 2 is 1.94 bits per heavy atom. The van der Waals surface area contributed by atoms with E-state index in [1.807, 2.05) is 20.8 Å². The molecule has 0 fully saturated rings. The number of likely N-dealkylation sites (N-methyl/N-ethyl adjacent to an activating group) is 1. The minimum Gasteiger partial charge on any atom is -0.370 e. The molecule has 1 atom stereocenters. The molecule has 1 unspecified atom stereocenters. The van der Waals surface area contributed by atoms with Crippen molar-refractivity contribution in [1.29, 1.82) is 0 Å². The molecule has 0 bridgehead atoms. The molecule has 0 aromatic carbocycles. The normalized spacial score (nSPS) is 11.8. The first-order valence-electron chi connectivity index (χ1n) is 6.19. The highest BCUT2D eigenvalue weighted by Crippen LogP contribution is 2.18. The van der Waals surface area contributed by atoms with Crippen molar-refractivity contribution >= 4 is 17.5 Å². The maximum absolute atomic E-state index is 11.6. The van der Waals surface area contributed by atoms with E-state index in [-0.39, 0.29) is 11.9 Å². The molecular formula is C12H21N5O. The molecule has 1 heterocycles. The zero-order valence-corrected chi connectivity index (χ0v) is 11.4. The van der Waals surface area contributed by atoms with E-state index >= 15 is 0 Å². The summed E-state index contributed by atoms with van der Waals surface area (Å²) in [5.74, 6) is 1.43. The van der Waals surface area contributed by atoms with Gasteiger partial charge in [-0.3, -0.25) is 4.79 Å². The van der Waals surface area contributed by atoms with Gasteiger partial charge in [0.1, 0.15) is 24.0 Å². The summed E-state index contributed by atoms with van der Waals surface area (Å²) >= 11 is 0. The SMILES string of the molecule is CCNC(=O)C(C)Nc1ncnc(NCC)c1C. The van der Waals surface area contributed by atoms with Crippen molar-refractivity contribution in [2.75, 3.05) is 23.7 Å². The minimum absolute atomic E-state index is 0.0412. The standard InChI is InChI=1S/C12H21N5O/c1-5-13-10-8(3)11(16-7-15-10)17-9(4)12(18)14-6-2/h7,9H,5-6H2,1-4H3,(H,14,18)(H2,13,15,16,17). The Morgan fingerprint density at radius 1 is 1.28 bits per heavy atom. The topological polar surface area (TPSA) is 78.9 Å². The third-order valence-corrected chi connectivity index (χ3v) is 2.53. The highest BCUT2D eigenvalue weighted by atomic mass is 16.2. The van der Waals surface area contributed by atoms with E-state index < -0.39 is 0 Å². The summed E-state index contributed by atoms with van der Waals surface area (Å²) in [6.45, 7) is 9.04. The summed E-state index contributed by atoms with van der Waals surface area (Å²) in [5, 5.41) is 9.01. The number of amides is 1. The maximum atomic E-state index is 11.6. The lowest BCUT2D eigenvalue weighted by molar-refractivity contribution is -0.121. The van der Waals surface area contributed by atoms with Crippen LogP contribution in [0.4, 0.5) is 11.6 Å². The molecule has 0 radical (unpaired) electrons. The number of nitrogens with zero attached hydrogens (tertiary/aromatic N) is 2. The van der Waals surface area contributed by atoms with E-state index in [1.54, 1.807) is 6.92 Å². The quantitative estimate of drug-likeness (QED) is 0.707. The number of carbonyl (C=O) groups excluding carboxylic acids is 1. The van der Waals surface area contributed by atoms with E-state index in [9.17, 15) is 4.79 Å². The number of carbonyl (C=O) groups is 1. The van der Waals surface area contributed by atoms with Gasteiger partial charge >= 0.3 is 0 Å². The van der Waals surface area contributed by atoms with E-state index in [1.165, 1.54) is 6.33 Å². The Hall–Kier alpha value is -1.85. The zero-order chi connectivity index (χ0) is 13.5. The number of nitrogens with one attached hydrogen (secondary N) is 3. The first kappa shape index (κ1) is 14.2. The van der Waals surface area contributed by atoms with Gasteiger partial charge in [0.2, 0.25) is 5.91 Å². The molecule has 0 aliphatic rings. The van der Waals surface area contributed by atoms with Crippen LogP contribution in [0.5, 0.6) is 0 Å². The summed E-state index contributed by atoms with van der Waals surface area (Å²) in [6, 6.07) is -0.326. The third-order valence-electron chi connectivity index (χ3n) is 2.53. The summed E-state index contributed by atoms with van der Waals surface area (Å²) in [6.07, 6.45) is 1.48. The van der Waals surface area contributed by atoms with Crippen LogP contribution in [0, 0.1) is 6.92 Å². The van der Waals surface area contributed by atoms with Gasteiger partial charge in [0.25, 0.3) is 0 Å². The first-order valence-corrected chi connectivity index (χ1v) is 6.19. The smallest absolute Gasteiger partial charge is 0.242 e. The summed E-state index contributed by atoms with van der Waals surface area (Å²) in [7, 11) is 0. The molecule has 18 heavy (non-hydrogen) atoms. The molecule has 0 saturated carbocycles. The fourth-order valence-corrected chi connectivity index (χ4v) is 1.54. The molecule has 0 aliphatic carbocycles. The molecule has 1 aromatic rings. The Labute approximate surface area is 108 Å². The average molecular weight is 251 g/mol. The molecule has 1 aromatic heterocycles. The van der Waals surface area contributed by atoms with Crippen LogP contribution in [-0.2, 0) is 4.79 Å². The van der Waals surface area contributed by atoms with E-state index in [0.717, 1.165) is 17.9 Å². The van der Waals surface area contributed by atoms with Crippen molar-refractivity contribution in [2.45, 2.75) is 33.7 Å². The fourth-order valence-electron chi connectivity index (χ4n) is 1.54. The van der Waals surface area contributed by atoms with Gasteiger partial charge in [0.05, 0.1) is 0 Å². The molecule has 6 nitrogen and oxygen atoms in total. The number of hydrogen-bond donors (Lipinski definition) is 3. The average Bonchev–Trinajstić information content (AvgIpc) is 2.34. The van der Waals surface area contributed by atoms with Gasteiger partial charge < -0.3 is 16.0 Å². The van der Waals surface area contributed by atoms with Gasteiger partial charge in [-0.15, -0.1) is 0 Å². The zero-order valence-electron chi connectivity index (χ0n) is 11.4. The van der Waals surface area contributed by atoms with E-state index in [2.05, 4.69) is 25.9 Å². The second-order valence-electron chi connectivity index (χ2n) is 3.99. The number of hydrogen-bond acceptors (Lipinski definition) is 5. The van der Waals surface area contributed by atoms with Crippen molar-refractivity contribution in [3.63, 3.8) is 0 Å². The second kappa shape index (κ2) is 6.78. The van der Waals surface area contributed by atoms with Crippen molar-refractivity contribution in [3.05, 3.63) is 11.9 Å². The fraction of sp³-hybridized carbons (Fsp3) is 0.583. The number of anilines is 2. The minimum atomic E-state index is -0.326. The van der Waals surface area contributed by atoms with Gasteiger partial charge in [-0.25, -0.2) is 9.97 Å². The lowest BCUT2D eigenvalue weighted by Gasteiger charge is -2.16. The Morgan fingerprint density at radius 3 is 2.56 bits per heavy atom. The van der Waals surface area contributed by atoms with Gasteiger partial charge in [-0.05, 0) is 27.7 Å². The monoisotopic (exact) mass is 251 g/mol. The van der Waals surface area contributed by atoms with Crippen LogP contribution in [0.2, 0.25) is 0 Å². The Balaban J connectivity index is 2.78. The summed E-state index contributed by atoms with van der Waals surface area (Å²) in [4.78, 5) is 20.0. The van der Waals surface area contributed by atoms with Gasteiger partial charge in [0, 0.05) is 18.7 Å². The molecule has 1 rings (SSSR count). The van der Waals surface area contributed by atoms with Gasteiger partial charge in [-0.2, -0.15) is 0 Å². The number of rotatable bonds is 6. The highest BCUT2D eigenvalue weighted by Gasteiger charge is 2.14. The number of aromatic nitrogens is 2. The van der Waals surface area contributed by atoms with Crippen molar-refractivity contribution < 1.29 is 4.79 Å². The maximum Gasteiger partial charge on any atom is 0.242 e. The van der Waals surface area contributed by atoms with Gasteiger partial charge in [-0.1, -0.05) is 0 Å². The molecule has 100 valence electrons. The predicted molar refractivity (Wildman–Crippen MR) is 72.7 cm³/mol. The molecule has 0 aliphatic heterocycles. The van der Waals surface area contributed by atoms with Gasteiger partial charge in [0.15, 0.2) is 0 Å².